The lowest BCUT2D eigenvalue weighted by Gasteiger charge is -2.20. The number of ether oxygens (including phenoxy) is 2. The van der Waals surface area contributed by atoms with E-state index in [1.54, 1.807) is 70.2 Å². The third-order valence-corrected chi connectivity index (χ3v) is 5.77. The molecular weight excluding hydrogens is 390 g/mol. The standard InChI is InChI=1S/C22H25NO5S/c1-5-11-29(25,26)18-8-6-7-17(13-18)19-12-16(14-23)9-10-20(19)27-15-21(24)28-22(2,3)4/h6-10,12-13H,5,11,15H2,1-4H3. The summed E-state index contributed by atoms with van der Waals surface area (Å²) >= 11 is 0. The molecule has 0 aliphatic heterocycles. The number of hydrogen-bond donors (Lipinski definition) is 0. The number of carbonyl (C=O) groups is 1. The number of sulfone groups is 1. The molecule has 0 saturated heterocycles. The van der Waals surface area contributed by atoms with Gasteiger partial charge in [-0.1, -0.05) is 19.1 Å². The molecule has 2 rings (SSSR count). The fourth-order valence-electron chi connectivity index (χ4n) is 2.70. The summed E-state index contributed by atoms with van der Waals surface area (Å²) in [4.78, 5) is 12.2. The maximum absolute atomic E-state index is 12.4. The van der Waals surface area contributed by atoms with E-state index in [1.807, 2.05) is 0 Å². The Morgan fingerprint density at radius 3 is 2.48 bits per heavy atom. The molecule has 29 heavy (non-hydrogen) atoms. The molecule has 6 nitrogen and oxygen atoms in total. The third kappa shape index (κ3) is 6.33. The van der Waals surface area contributed by atoms with Crippen molar-refractivity contribution in [2.45, 2.75) is 44.6 Å². The second-order valence-electron chi connectivity index (χ2n) is 7.54. The van der Waals surface area contributed by atoms with Crippen LogP contribution in [-0.2, 0) is 19.4 Å². The first kappa shape index (κ1) is 22.4. The second kappa shape index (κ2) is 9.10. The van der Waals surface area contributed by atoms with Gasteiger partial charge in [0.25, 0.3) is 0 Å². The van der Waals surface area contributed by atoms with Crippen LogP contribution in [0.15, 0.2) is 47.4 Å². The van der Waals surface area contributed by atoms with Gasteiger partial charge in [0, 0.05) is 5.56 Å². The van der Waals surface area contributed by atoms with Gasteiger partial charge >= 0.3 is 5.97 Å². The van der Waals surface area contributed by atoms with Crippen molar-refractivity contribution in [2.24, 2.45) is 0 Å². The number of nitrogens with zero attached hydrogens (tertiary/aromatic N) is 1. The van der Waals surface area contributed by atoms with E-state index in [4.69, 9.17) is 9.47 Å². The van der Waals surface area contributed by atoms with Crippen molar-refractivity contribution in [3.05, 3.63) is 48.0 Å². The van der Waals surface area contributed by atoms with Gasteiger partial charge in [0.2, 0.25) is 0 Å². The monoisotopic (exact) mass is 415 g/mol. The quantitative estimate of drug-likeness (QED) is 0.631. The molecule has 2 aromatic carbocycles. The van der Waals surface area contributed by atoms with Crippen LogP contribution in [0, 0.1) is 11.3 Å². The summed E-state index contributed by atoms with van der Waals surface area (Å²) in [7, 11) is -3.40. The Kier molecular flexibility index (Phi) is 7.04. The van der Waals surface area contributed by atoms with Crippen LogP contribution in [0.4, 0.5) is 0 Å². The van der Waals surface area contributed by atoms with Crippen molar-refractivity contribution in [1.82, 2.24) is 0 Å². The van der Waals surface area contributed by atoms with Crippen molar-refractivity contribution in [3.8, 4) is 22.9 Å². The summed E-state index contributed by atoms with van der Waals surface area (Å²) < 4.78 is 35.7. The summed E-state index contributed by atoms with van der Waals surface area (Å²) in [5, 5.41) is 9.24. The zero-order valence-electron chi connectivity index (χ0n) is 17.1. The average molecular weight is 416 g/mol. The van der Waals surface area contributed by atoms with Crippen LogP contribution in [0.5, 0.6) is 5.75 Å². The highest BCUT2D eigenvalue weighted by molar-refractivity contribution is 7.91. The number of esters is 1. The van der Waals surface area contributed by atoms with Gasteiger partial charge < -0.3 is 9.47 Å². The van der Waals surface area contributed by atoms with Gasteiger partial charge in [0.1, 0.15) is 11.4 Å². The van der Waals surface area contributed by atoms with E-state index >= 15 is 0 Å². The summed E-state index contributed by atoms with van der Waals surface area (Å²) in [6.07, 6.45) is 0.515. The van der Waals surface area contributed by atoms with Crippen molar-refractivity contribution < 1.29 is 22.7 Å². The van der Waals surface area contributed by atoms with Crippen LogP contribution in [0.25, 0.3) is 11.1 Å². The average Bonchev–Trinajstić information content (AvgIpc) is 2.65. The molecule has 0 atom stereocenters. The van der Waals surface area contributed by atoms with E-state index in [1.165, 1.54) is 0 Å². The molecule has 0 aliphatic rings. The van der Waals surface area contributed by atoms with E-state index in [-0.39, 0.29) is 17.3 Å². The fraction of sp³-hybridized carbons (Fsp3) is 0.364. The molecule has 2 aromatic rings. The molecule has 0 aromatic heterocycles. The number of hydrogen-bond acceptors (Lipinski definition) is 6. The van der Waals surface area contributed by atoms with Crippen LogP contribution in [-0.4, -0.2) is 32.3 Å². The SMILES string of the molecule is CCCS(=O)(=O)c1cccc(-c2cc(C#N)ccc2OCC(=O)OC(C)(C)C)c1. The molecule has 0 fully saturated rings. The molecule has 0 bridgehead atoms. The molecule has 154 valence electrons. The number of rotatable bonds is 7. The Bertz CT molecular complexity index is 1030. The van der Waals surface area contributed by atoms with Crippen molar-refractivity contribution in [2.75, 3.05) is 12.4 Å². The number of benzene rings is 2. The number of carbonyl (C=O) groups excluding carboxylic acids is 1. The lowest BCUT2D eigenvalue weighted by atomic mass is 10.0. The van der Waals surface area contributed by atoms with Gasteiger partial charge in [-0.2, -0.15) is 5.26 Å². The van der Waals surface area contributed by atoms with E-state index < -0.39 is 21.4 Å². The Hall–Kier alpha value is -2.85. The van der Waals surface area contributed by atoms with Gasteiger partial charge in [-0.25, -0.2) is 13.2 Å². The minimum Gasteiger partial charge on any atom is -0.481 e. The lowest BCUT2D eigenvalue weighted by molar-refractivity contribution is -0.157. The fourth-order valence-corrected chi connectivity index (χ4v) is 4.07. The second-order valence-corrected chi connectivity index (χ2v) is 9.65. The molecule has 0 amide bonds. The third-order valence-electron chi connectivity index (χ3n) is 3.85. The Labute approximate surface area is 172 Å². The van der Waals surface area contributed by atoms with Gasteiger partial charge in [0.05, 0.1) is 22.3 Å². The molecule has 0 aliphatic carbocycles. The van der Waals surface area contributed by atoms with Crippen molar-refractivity contribution in [1.29, 1.82) is 5.26 Å². The van der Waals surface area contributed by atoms with Gasteiger partial charge in [-0.05, 0) is 63.1 Å². The highest BCUT2D eigenvalue weighted by atomic mass is 32.2. The highest BCUT2D eigenvalue weighted by Crippen LogP contribution is 2.32. The van der Waals surface area contributed by atoms with E-state index in [0.717, 1.165) is 0 Å². The molecule has 0 N–H and O–H groups in total. The maximum Gasteiger partial charge on any atom is 0.344 e. The van der Waals surface area contributed by atoms with Crippen molar-refractivity contribution in [3.63, 3.8) is 0 Å². The van der Waals surface area contributed by atoms with Gasteiger partial charge in [0.15, 0.2) is 16.4 Å². The summed E-state index contributed by atoms with van der Waals surface area (Å²) in [6.45, 7) is 6.80. The normalized spacial score (nSPS) is 11.6. The van der Waals surface area contributed by atoms with E-state index in [9.17, 15) is 18.5 Å². The smallest absolute Gasteiger partial charge is 0.344 e. The summed E-state index contributed by atoms with van der Waals surface area (Å²) in [5.41, 5.74) is 0.877. The van der Waals surface area contributed by atoms with Crippen molar-refractivity contribution >= 4 is 15.8 Å². The van der Waals surface area contributed by atoms with Crippen LogP contribution in [0.3, 0.4) is 0 Å². The largest absolute Gasteiger partial charge is 0.481 e. The first-order chi connectivity index (χ1) is 13.6. The Morgan fingerprint density at radius 1 is 1.14 bits per heavy atom. The Balaban J connectivity index is 2.40. The van der Waals surface area contributed by atoms with E-state index in [0.29, 0.717) is 28.9 Å². The van der Waals surface area contributed by atoms with Crippen LogP contribution >= 0.6 is 0 Å². The van der Waals surface area contributed by atoms with Crippen LogP contribution < -0.4 is 4.74 Å². The molecule has 0 heterocycles. The summed E-state index contributed by atoms with van der Waals surface area (Å²) in [5.74, 6) is -0.108. The lowest BCUT2D eigenvalue weighted by Crippen LogP contribution is -2.27. The Morgan fingerprint density at radius 2 is 1.86 bits per heavy atom. The molecule has 0 saturated carbocycles. The zero-order valence-corrected chi connectivity index (χ0v) is 17.9. The molecule has 0 radical (unpaired) electrons. The highest BCUT2D eigenvalue weighted by Gasteiger charge is 2.19. The van der Waals surface area contributed by atoms with E-state index in [2.05, 4.69) is 6.07 Å². The van der Waals surface area contributed by atoms with Gasteiger partial charge in [-0.3, -0.25) is 0 Å². The zero-order chi connectivity index (χ0) is 21.7. The minimum absolute atomic E-state index is 0.0523. The van der Waals surface area contributed by atoms with Crippen LogP contribution in [0.2, 0.25) is 0 Å². The predicted octanol–water partition coefficient (Wildman–Crippen LogP) is 4.13. The van der Waals surface area contributed by atoms with Crippen LogP contribution in [0.1, 0.15) is 39.7 Å². The molecule has 7 heteroatoms. The first-order valence-corrected chi connectivity index (χ1v) is 10.9. The topological polar surface area (TPSA) is 93.5 Å². The summed E-state index contributed by atoms with van der Waals surface area (Å²) in [6, 6.07) is 13.3. The number of nitriles is 1. The maximum atomic E-state index is 12.4. The molecular formula is C22H25NO5S. The molecule has 0 unspecified atom stereocenters. The first-order valence-electron chi connectivity index (χ1n) is 9.27. The minimum atomic E-state index is -3.40. The van der Waals surface area contributed by atoms with Gasteiger partial charge in [-0.15, -0.1) is 0 Å². The predicted molar refractivity (Wildman–Crippen MR) is 110 cm³/mol. The molecule has 0 spiro atoms.